The molecule has 6 heteroatoms. The van der Waals surface area contributed by atoms with Crippen LogP contribution in [0.2, 0.25) is 0 Å². The van der Waals surface area contributed by atoms with Crippen LogP contribution in [0.15, 0.2) is 36.4 Å². The molecule has 1 aromatic carbocycles. The maximum atomic E-state index is 13.8. The summed E-state index contributed by atoms with van der Waals surface area (Å²) >= 11 is 0. The Kier molecular flexibility index (Phi) is 10.1. The molecule has 2 saturated heterocycles. The highest BCUT2D eigenvalue weighted by Crippen LogP contribution is 2.43. The average Bonchev–Trinajstić information content (AvgIpc) is 3.40. The lowest BCUT2D eigenvalue weighted by atomic mass is 9.79. The van der Waals surface area contributed by atoms with Crippen molar-refractivity contribution in [3.05, 3.63) is 64.5 Å². The molecule has 2 fully saturated rings. The number of benzene rings is 1. The summed E-state index contributed by atoms with van der Waals surface area (Å²) in [4.78, 5) is 21.0. The fourth-order valence-corrected chi connectivity index (χ4v) is 6.77. The van der Waals surface area contributed by atoms with Crippen LogP contribution in [0.25, 0.3) is 0 Å². The first-order valence-corrected chi connectivity index (χ1v) is 16.3. The Bertz CT molecular complexity index is 1200. The number of unbranched alkanes of at least 4 members (excludes halogenated alkanes) is 1. The third-order valence-corrected chi connectivity index (χ3v) is 9.06. The number of likely N-dealkylation sites (tertiary alicyclic amines) is 1. The number of ether oxygens (including phenoxy) is 3. The fraction of sp³-hybridized carbons (Fsp3) is 0.667. The molecule has 0 N–H and O–H groups in total. The van der Waals surface area contributed by atoms with Crippen LogP contribution in [0, 0.1) is 5.41 Å². The van der Waals surface area contributed by atoms with Gasteiger partial charge in [0.15, 0.2) is 0 Å². The highest BCUT2D eigenvalue weighted by atomic mass is 16.6. The van der Waals surface area contributed by atoms with Gasteiger partial charge in [-0.2, -0.15) is 0 Å². The highest BCUT2D eigenvalue weighted by Gasteiger charge is 2.40. The molecule has 1 aliphatic carbocycles. The van der Waals surface area contributed by atoms with Gasteiger partial charge < -0.3 is 14.2 Å². The van der Waals surface area contributed by atoms with E-state index in [0.29, 0.717) is 0 Å². The second-order valence-electron chi connectivity index (χ2n) is 14.4. The topological polar surface area (TPSA) is 60.9 Å². The van der Waals surface area contributed by atoms with Gasteiger partial charge in [-0.3, -0.25) is 9.88 Å². The minimum Gasteiger partial charge on any atom is -0.459 e. The molecule has 230 valence electrons. The van der Waals surface area contributed by atoms with Gasteiger partial charge in [0.1, 0.15) is 11.6 Å². The van der Waals surface area contributed by atoms with Crippen LogP contribution in [0.5, 0.6) is 0 Å². The molecule has 42 heavy (non-hydrogen) atoms. The summed E-state index contributed by atoms with van der Waals surface area (Å²) in [6.07, 6.45) is 11.0. The number of esters is 1. The molecule has 2 aromatic rings. The molecule has 0 saturated carbocycles. The van der Waals surface area contributed by atoms with Crippen molar-refractivity contribution >= 4 is 5.97 Å². The van der Waals surface area contributed by atoms with Gasteiger partial charge in [0.2, 0.25) is 0 Å². The number of hydrogen-bond acceptors (Lipinski definition) is 6. The second-order valence-corrected chi connectivity index (χ2v) is 14.4. The van der Waals surface area contributed by atoms with E-state index < -0.39 is 11.6 Å². The molecule has 3 atom stereocenters. The van der Waals surface area contributed by atoms with Gasteiger partial charge in [-0.05, 0) is 113 Å². The summed E-state index contributed by atoms with van der Waals surface area (Å²) < 4.78 is 18.7. The van der Waals surface area contributed by atoms with Crippen molar-refractivity contribution in [2.75, 3.05) is 26.3 Å². The van der Waals surface area contributed by atoms with Gasteiger partial charge in [-0.1, -0.05) is 44.2 Å². The molecule has 5 rings (SSSR count). The molecular weight excluding hydrogens is 524 g/mol. The molecule has 2 unspecified atom stereocenters. The van der Waals surface area contributed by atoms with E-state index in [0.717, 1.165) is 82.4 Å². The standard InChI is InChI=1S/C36H52N2O4/c1-35(2,3)42-34(39)33(30-15-8-7-14-29(30)32-24-36(4,5)20-23-41-32)38-21-19-28(25-38)40-22-11-10-13-27-18-17-26-12-6-9-16-31(26)37-27/h7-8,14-15,17-18,28,32-33H,6,9-13,16,19-25H2,1-5H3/t28-,32?,33?/m1/s1. The van der Waals surface area contributed by atoms with Gasteiger partial charge in [0.25, 0.3) is 0 Å². The third kappa shape index (κ3) is 8.21. The van der Waals surface area contributed by atoms with Gasteiger partial charge in [0.05, 0.1) is 12.2 Å². The number of hydrogen-bond donors (Lipinski definition) is 0. The number of carbonyl (C=O) groups is 1. The van der Waals surface area contributed by atoms with E-state index in [9.17, 15) is 4.79 Å². The number of rotatable bonds is 10. The Balaban J connectivity index is 1.20. The zero-order valence-electron chi connectivity index (χ0n) is 26.6. The van der Waals surface area contributed by atoms with Crippen LogP contribution >= 0.6 is 0 Å². The largest absolute Gasteiger partial charge is 0.459 e. The Labute approximate surface area is 253 Å². The summed E-state index contributed by atoms with van der Waals surface area (Å²) in [7, 11) is 0. The molecule has 0 spiro atoms. The van der Waals surface area contributed by atoms with Crippen molar-refractivity contribution in [2.24, 2.45) is 5.41 Å². The lowest BCUT2D eigenvalue weighted by Crippen LogP contribution is -2.39. The first kappa shape index (κ1) is 31.2. The van der Waals surface area contributed by atoms with Crippen LogP contribution in [0.3, 0.4) is 0 Å². The minimum atomic E-state index is -0.559. The molecule has 1 aromatic heterocycles. The van der Waals surface area contributed by atoms with Crippen molar-refractivity contribution < 1.29 is 19.0 Å². The van der Waals surface area contributed by atoms with Crippen LogP contribution < -0.4 is 0 Å². The number of nitrogens with zero attached hydrogens (tertiary/aromatic N) is 2. The van der Waals surface area contributed by atoms with Gasteiger partial charge in [-0.25, -0.2) is 4.79 Å². The molecule has 3 aliphatic rings. The number of aromatic nitrogens is 1. The first-order valence-electron chi connectivity index (χ1n) is 16.3. The zero-order valence-corrected chi connectivity index (χ0v) is 26.6. The molecule has 3 heterocycles. The Morgan fingerprint density at radius 1 is 1.12 bits per heavy atom. The molecule has 6 nitrogen and oxygen atoms in total. The minimum absolute atomic E-state index is 0.0193. The lowest BCUT2D eigenvalue weighted by Gasteiger charge is -2.38. The van der Waals surface area contributed by atoms with E-state index in [1.165, 1.54) is 36.2 Å². The zero-order chi connectivity index (χ0) is 29.7. The van der Waals surface area contributed by atoms with Gasteiger partial charge >= 0.3 is 5.97 Å². The quantitative estimate of drug-likeness (QED) is 0.218. The van der Waals surface area contributed by atoms with Crippen molar-refractivity contribution in [1.82, 2.24) is 9.88 Å². The fourth-order valence-electron chi connectivity index (χ4n) is 6.77. The summed E-state index contributed by atoms with van der Waals surface area (Å²) in [5.41, 5.74) is 5.75. The summed E-state index contributed by atoms with van der Waals surface area (Å²) in [6.45, 7) is 13.4. The van der Waals surface area contributed by atoms with E-state index in [4.69, 9.17) is 19.2 Å². The molecular formula is C36H52N2O4. The van der Waals surface area contributed by atoms with E-state index >= 15 is 0 Å². The van der Waals surface area contributed by atoms with Crippen LogP contribution in [0.4, 0.5) is 0 Å². The third-order valence-electron chi connectivity index (χ3n) is 9.06. The monoisotopic (exact) mass is 576 g/mol. The Morgan fingerprint density at radius 2 is 1.93 bits per heavy atom. The smallest absolute Gasteiger partial charge is 0.328 e. The SMILES string of the molecule is CC1(C)CCOC(c2ccccc2C(C(=O)OC(C)(C)C)N2CC[C@@H](OCCCCc3ccc4c(n3)CCCC4)C2)C1. The van der Waals surface area contributed by atoms with Crippen LogP contribution in [0.1, 0.15) is 120 Å². The molecule has 2 aliphatic heterocycles. The first-order chi connectivity index (χ1) is 20.1. The van der Waals surface area contributed by atoms with Crippen molar-refractivity contribution in [3.63, 3.8) is 0 Å². The molecule has 0 bridgehead atoms. The second kappa shape index (κ2) is 13.6. The summed E-state index contributed by atoms with van der Waals surface area (Å²) in [6, 6.07) is 12.4. The number of aryl methyl sites for hydroxylation is 3. The van der Waals surface area contributed by atoms with Gasteiger partial charge in [-0.15, -0.1) is 0 Å². The number of carbonyl (C=O) groups excluding carboxylic acids is 1. The normalized spacial score (nSPS) is 23.4. The molecule has 0 radical (unpaired) electrons. The van der Waals surface area contributed by atoms with E-state index in [-0.39, 0.29) is 23.6 Å². The lowest BCUT2D eigenvalue weighted by molar-refractivity contribution is -0.161. The van der Waals surface area contributed by atoms with Crippen LogP contribution in [-0.2, 0) is 38.3 Å². The van der Waals surface area contributed by atoms with Crippen molar-refractivity contribution in [3.8, 4) is 0 Å². The number of pyridine rings is 1. The van der Waals surface area contributed by atoms with E-state index in [2.05, 4.69) is 49.1 Å². The van der Waals surface area contributed by atoms with E-state index in [1.54, 1.807) is 0 Å². The maximum absolute atomic E-state index is 13.8. The van der Waals surface area contributed by atoms with Gasteiger partial charge in [0, 0.05) is 37.7 Å². The maximum Gasteiger partial charge on any atom is 0.328 e. The predicted molar refractivity (Wildman–Crippen MR) is 166 cm³/mol. The molecule has 0 amide bonds. The Hall–Kier alpha value is -2.28. The van der Waals surface area contributed by atoms with Crippen LogP contribution in [-0.4, -0.2) is 53.9 Å². The predicted octanol–water partition coefficient (Wildman–Crippen LogP) is 7.33. The Morgan fingerprint density at radius 3 is 2.74 bits per heavy atom. The van der Waals surface area contributed by atoms with Crippen molar-refractivity contribution in [1.29, 1.82) is 0 Å². The number of fused-ring (bicyclic) bond motifs is 1. The highest BCUT2D eigenvalue weighted by molar-refractivity contribution is 5.78. The summed E-state index contributed by atoms with van der Waals surface area (Å²) in [5, 5.41) is 0. The van der Waals surface area contributed by atoms with E-state index in [1.807, 2.05) is 26.8 Å². The van der Waals surface area contributed by atoms with Crippen molar-refractivity contribution in [2.45, 2.75) is 123 Å². The average molecular weight is 577 g/mol. The summed E-state index contributed by atoms with van der Waals surface area (Å²) in [5.74, 6) is -0.191.